The number of anilines is 1. The maximum atomic E-state index is 13.1. The van der Waals surface area contributed by atoms with Gasteiger partial charge in [-0.1, -0.05) is 13.8 Å². The zero-order valence-corrected chi connectivity index (χ0v) is 12.1. The number of hydrogen-bond acceptors (Lipinski definition) is 3. The largest absolute Gasteiger partial charge is 0.365 e. The van der Waals surface area contributed by atoms with E-state index in [2.05, 4.69) is 30.7 Å². The van der Waals surface area contributed by atoms with E-state index in [0.29, 0.717) is 6.54 Å². The van der Waals surface area contributed by atoms with Crippen LogP contribution in [0.5, 0.6) is 0 Å². The monoisotopic (exact) mass is 265 g/mol. The summed E-state index contributed by atoms with van der Waals surface area (Å²) in [5, 5.41) is 0. The maximum absolute atomic E-state index is 13.1. The Balaban J connectivity index is 2.30. The summed E-state index contributed by atoms with van der Waals surface area (Å²) < 4.78 is 13.1. The normalized spacial score (nSPS) is 24.3. The molecule has 106 valence electrons. The Hall–Kier alpha value is -1.13. The molecule has 2 rings (SSSR count). The molecule has 1 aliphatic heterocycles. The van der Waals surface area contributed by atoms with Crippen LogP contribution in [0.15, 0.2) is 24.3 Å². The van der Waals surface area contributed by atoms with Crippen molar-refractivity contribution >= 4 is 5.69 Å². The molecule has 0 radical (unpaired) electrons. The van der Waals surface area contributed by atoms with Crippen molar-refractivity contribution in [3.8, 4) is 0 Å². The van der Waals surface area contributed by atoms with E-state index < -0.39 is 0 Å². The van der Waals surface area contributed by atoms with Crippen molar-refractivity contribution in [2.45, 2.75) is 19.9 Å². The molecular formula is C15H24FN3. The molecule has 1 unspecified atom stereocenters. The second kappa shape index (κ2) is 5.47. The molecule has 3 nitrogen and oxygen atoms in total. The van der Waals surface area contributed by atoms with Crippen LogP contribution >= 0.6 is 0 Å². The average molecular weight is 265 g/mol. The van der Waals surface area contributed by atoms with Gasteiger partial charge >= 0.3 is 0 Å². The number of rotatable bonds is 2. The Morgan fingerprint density at radius 2 is 1.89 bits per heavy atom. The van der Waals surface area contributed by atoms with Gasteiger partial charge in [0, 0.05) is 31.9 Å². The minimum Gasteiger partial charge on any atom is -0.365 e. The lowest BCUT2D eigenvalue weighted by Gasteiger charge is -2.35. The van der Waals surface area contributed by atoms with Gasteiger partial charge in [-0.2, -0.15) is 0 Å². The SMILES string of the molecule is CN1CC(CN)N(c2ccc(F)cc2)CC(C)(C)C1. The third-order valence-corrected chi connectivity index (χ3v) is 3.69. The Morgan fingerprint density at radius 3 is 2.47 bits per heavy atom. The maximum Gasteiger partial charge on any atom is 0.123 e. The van der Waals surface area contributed by atoms with E-state index in [9.17, 15) is 4.39 Å². The minimum atomic E-state index is -0.195. The van der Waals surface area contributed by atoms with E-state index >= 15 is 0 Å². The van der Waals surface area contributed by atoms with Crippen LogP contribution in [0.25, 0.3) is 0 Å². The predicted molar refractivity (Wildman–Crippen MR) is 77.9 cm³/mol. The van der Waals surface area contributed by atoms with Gasteiger partial charge in [-0.15, -0.1) is 0 Å². The molecule has 1 aliphatic rings. The van der Waals surface area contributed by atoms with Crippen LogP contribution in [0.3, 0.4) is 0 Å². The van der Waals surface area contributed by atoms with Crippen molar-refractivity contribution in [2.24, 2.45) is 11.1 Å². The average Bonchev–Trinajstić information content (AvgIpc) is 2.45. The number of halogens is 1. The molecule has 1 heterocycles. The first-order valence-corrected chi connectivity index (χ1v) is 6.82. The van der Waals surface area contributed by atoms with Crippen molar-refractivity contribution in [3.05, 3.63) is 30.1 Å². The van der Waals surface area contributed by atoms with Crippen LogP contribution < -0.4 is 10.6 Å². The lowest BCUT2D eigenvalue weighted by Crippen LogP contribution is -2.46. The molecule has 1 aromatic rings. The molecule has 1 fully saturated rings. The molecule has 19 heavy (non-hydrogen) atoms. The number of hydrogen-bond donors (Lipinski definition) is 1. The van der Waals surface area contributed by atoms with Gasteiger partial charge in [0.15, 0.2) is 0 Å². The third kappa shape index (κ3) is 3.45. The molecule has 0 spiro atoms. The number of nitrogens with two attached hydrogens (primary N) is 1. The summed E-state index contributed by atoms with van der Waals surface area (Å²) in [6, 6.07) is 7.01. The minimum absolute atomic E-state index is 0.188. The second-order valence-corrected chi connectivity index (χ2v) is 6.35. The first-order valence-electron chi connectivity index (χ1n) is 6.82. The number of likely N-dealkylation sites (N-methyl/N-ethyl adjacent to an activating group) is 1. The first-order chi connectivity index (χ1) is 8.91. The Labute approximate surface area is 115 Å². The zero-order valence-electron chi connectivity index (χ0n) is 12.1. The van der Waals surface area contributed by atoms with Crippen molar-refractivity contribution in [1.82, 2.24) is 4.90 Å². The molecule has 2 N–H and O–H groups in total. The molecule has 1 saturated heterocycles. The highest BCUT2D eigenvalue weighted by Crippen LogP contribution is 2.28. The van der Waals surface area contributed by atoms with E-state index in [0.717, 1.165) is 25.3 Å². The van der Waals surface area contributed by atoms with Crippen molar-refractivity contribution in [2.75, 3.05) is 38.1 Å². The standard InChI is InChI=1S/C15H24FN3/c1-15(2)10-18(3)9-14(8-17)19(11-15)13-6-4-12(16)5-7-13/h4-7,14H,8-11,17H2,1-3H3. The highest BCUT2D eigenvalue weighted by Gasteiger charge is 2.32. The van der Waals surface area contributed by atoms with Gasteiger partial charge in [0.2, 0.25) is 0 Å². The molecule has 0 amide bonds. The van der Waals surface area contributed by atoms with Crippen molar-refractivity contribution in [1.29, 1.82) is 0 Å². The number of benzene rings is 1. The molecule has 0 aliphatic carbocycles. The van der Waals surface area contributed by atoms with Gasteiger partial charge in [-0.25, -0.2) is 4.39 Å². The summed E-state index contributed by atoms with van der Waals surface area (Å²) in [5.41, 5.74) is 7.18. The lowest BCUT2D eigenvalue weighted by molar-refractivity contribution is 0.239. The van der Waals surface area contributed by atoms with Crippen LogP contribution in [-0.2, 0) is 0 Å². The molecular weight excluding hydrogens is 241 g/mol. The van der Waals surface area contributed by atoms with E-state index in [1.807, 2.05) is 12.1 Å². The molecule has 4 heteroatoms. The van der Waals surface area contributed by atoms with Gasteiger partial charge in [0.1, 0.15) is 5.82 Å². The van der Waals surface area contributed by atoms with Crippen LogP contribution in [0.4, 0.5) is 10.1 Å². The van der Waals surface area contributed by atoms with Crippen LogP contribution in [0, 0.1) is 11.2 Å². The van der Waals surface area contributed by atoms with Crippen LogP contribution in [0.2, 0.25) is 0 Å². The summed E-state index contributed by atoms with van der Waals surface area (Å²) in [7, 11) is 2.14. The lowest BCUT2D eigenvalue weighted by atomic mass is 9.92. The van der Waals surface area contributed by atoms with Gasteiger partial charge in [-0.3, -0.25) is 0 Å². The summed E-state index contributed by atoms with van der Waals surface area (Å²) >= 11 is 0. The fraction of sp³-hybridized carbons (Fsp3) is 0.600. The molecule has 1 aromatic carbocycles. The zero-order chi connectivity index (χ0) is 14.0. The fourth-order valence-corrected chi connectivity index (χ4v) is 3.03. The third-order valence-electron chi connectivity index (χ3n) is 3.69. The molecule has 0 aromatic heterocycles. The van der Waals surface area contributed by atoms with E-state index in [-0.39, 0.29) is 17.3 Å². The summed E-state index contributed by atoms with van der Waals surface area (Å²) in [5.74, 6) is -0.195. The summed E-state index contributed by atoms with van der Waals surface area (Å²) in [6.07, 6.45) is 0. The number of nitrogens with zero attached hydrogens (tertiary/aromatic N) is 2. The van der Waals surface area contributed by atoms with Crippen molar-refractivity contribution in [3.63, 3.8) is 0 Å². The van der Waals surface area contributed by atoms with E-state index in [4.69, 9.17) is 5.73 Å². The van der Waals surface area contributed by atoms with E-state index in [1.165, 1.54) is 12.1 Å². The highest BCUT2D eigenvalue weighted by atomic mass is 19.1. The Kier molecular flexibility index (Phi) is 4.11. The second-order valence-electron chi connectivity index (χ2n) is 6.35. The highest BCUT2D eigenvalue weighted by molar-refractivity contribution is 5.48. The predicted octanol–water partition coefficient (Wildman–Crippen LogP) is 1.93. The van der Waals surface area contributed by atoms with Gasteiger partial charge in [0.05, 0.1) is 6.04 Å². The first kappa shape index (κ1) is 14.3. The quantitative estimate of drug-likeness (QED) is 0.887. The fourth-order valence-electron chi connectivity index (χ4n) is 3.03. The van der Waals surface area contributed by atoms with Gasteiger partial charge < -0.3 is 15.5 Å². The van der Waals surface area contributed by atoms with Gasteiger partial charge in [0.25, 0.3) is 0 Å². The van der Waals surface area contributed by atoms with Crippen LogP contribution in [0.1, 0.15) is 13.8 Å². The van der Waals surface area contributed by atoms with E-state index in [1.54, 1.807) is 0 Å². The van der Waals surface area contributed by atoms with Crippen molar-refractivity contribution < 1.29 is 4.39 Å². The Morgan fingerprint density at radius 1 is 1.26 bits per heavy atom. The van der Waals surface area contributed by atoms with Gasteiger partial charge in [-0.05, 0) is 36.7 Å². The molecule has 0 saturated carbocycles. The molecule has 0 bridgehead atoms. The van der Waals surface area contributed by atoms with Crippen LogP contribution in [-0.4, -0.2) is 44.2 Å². The summed E-state index contributed by atoms with van der Waals surface area (Å²) in [6.45, 7) is 8.05. The Bertz CT molecular complexity index is 416. The topological polar surface area (TPSA) is 32.5 Å². The summed E-state index contributed by atoms with van der Waals surface area (Å²) in [4.78, 5) is 4.66. The molecule has 1 atom stereocenters. The smallest absolute Gasteiger partial charge is 0.123 e.